The van der Waals surface area contributed by atoms with Crippen LogP contribution in [0.25, 0.3) is 0 Å². The Labute approximate surface area is 55.5 Å². The Bertz CT molecular complexity index is 76.6. The Morgan fingerprint density at radius 1 is 1.38 bits per heavy atom. The molecule has 2 heteroatoms. The third-order valence-corrected chi connectivity index (χ3v) is 2.42. The van der Waals surface area contributed by atoms with Crippen LogP contribution in [0.3, 0.4) is 0 Å². The van der Waals surface area contributed by atoms with E-state index in [0.717, 1.165) is 12.8 Å². The Morgan fingerprint density at radius 3 is 2.12 bits per heavy atom. The molecule has 0 aromatic rings. The minimum absolute atomic E-state index is 0.400. The molecule has 0 amide bonds. The van der Waals surface area contributed by atoms with Crippen molar-refractivity contribution in [3.8, 4) is 0 Å². The predicted octanol–water partition coefficient (Wildman–Crippen LogP) is 1.22. The van der Waals surface area contributed by atoms with Crippen molar-refractivity contribution in [2.24, 2.45) is 0 Å². The maximum absolute atomic E-state index is 9.42. The lowest BCUT2D eigenvalue weighted by Crippen LogP contribution is -2.25. The van der Waals surface area contributed by atoms with Crippen molar-refractivity contribution >= 4 is 12.6 Å². The zero-order chi connectivity index (χ0) is 6.04. The Kier molecular flexibility index (Phi) is 1.83. The van der Waals surface area contributed by atoms with Crippen LogP contribution >= 0.6 is 12.6 Å². The molecule has 0 bridgehead atoms. The second-order valence-corrected chi connectivity index (χ2v) is 2.91. The maximum Gasteiger partial charge on any atom is 0.0735 e. The van der Waals surface area contributed by atoms with Crippen molar-refractivity contribution in [2.75, 3.05) is 5.75 Å². The lowest BCUT2D eigenvalue weighted by molar-refractivity contribution is 0.0736. The molecule has 0 heterocycles. The SMILES string of the molecule is OC1(CS)CCCC1. The molecule has 48 valence electrons. The highest BCUT2D eigenvalue weighted by Crippen LogP contribution is 2.29. The van der Waals surface area contributed by atoms with Crippen molar-refractivity contribution in [2.45, 2.75) is 31.3 Å². The fourth-order valence-corrected chi connectivity index (χ4v) is 1.51. The van der Waals surface area contributed by atoms with E-state index in [9.17, 15) is 5.11 Å². The van der Waals surface area contributed by atoms with Gasteiger partial charge < -0.3 is 5.11 Å². The van der Waals surface area contributed by atoms with E-state index >= 15 is 0 Å². The van der Waals surface area contributed by atoms with Crippen molar-refractivity contribution < 1.29 is 5.11 Å². The summed E-state index contributed by atoms with van der Waals surface area (Å²) >= 11 is 4.05. The summed E-state index contributed by atoms with van der Waals surface area (Å²) < 4.78 is 0. The fourth-order valence-electron chi connectivity index (χ4n) is 1.19. The van der Waals surface area contributed by atoms with E-state index in [1.807, 2.05) is 0 Å². The number of thiol groups is 1. The molecule has 0 spiro atoms. The second-order valence-electron chi connectivity index (χ2n) is 2.59. The first-order chi connectivity index (χ1) is 3.77. The van der Waals surface area contributed by atoms with Gasteiger partial charge >= 0.3 is 0 Å². The quantitative estimate of drug-likeness (QED) is 0.514. The molecule has 0 aliphatic heterocycles. The Morgan fingerprint density at radius 2 is 1.88 bits per heavy atom. The Hall–Kier alpha value is 0.310. The van der Waals surface area contributed by atoms with Crippen molar-refractivity contribution in [3.05, 3.63) is 0 Å². The van der Waals surface area contributed by atoms with Crippen molar-refractivity contribution in [3.63, 3.8) is 0 Å². The van der Waals surface area contributed by atoms with E-state index in [1.54, 1.807) is 0 Å². The summed E-state index contributed by atoms with van der Waals surface area (Å²) in [4.78, 5) is 0. The summed E-state index contributed by atoms with van der Waals surface area (Å²) in [6.07, 6.45) is 4.27. The van der Waals surface area contributed by atoms with Gasteiger partial charge in [0.1, 0.15) is 0 Å². The van der Waals surface area contributed by atoms with Crippen LogP contribution in [0.5, 0.6) is 0 Å². The lowest BCUT2D eigenvalue weighted by Gasteiger charge is -2.17. The largest absolute Gasteiger partial charge is 0.389 e. The van der Waals surface area contributed by atoms with E-state index in [-0.39, 0.29) is 0 Å². The van der Waals surface area contributed by atoms with E-state index in [1.165, 1.54) is 12.8 Å². The summed E-state index contributed by atoms with van der Waals surface area (Å²) in [5.74, 6) is 0.632. The molecule has 0 radical (unpaired) electrons. The van der Waals surface area contributed by atoms with Gasteiger partial charge in [-0.1, -0.05) is 12.8 Å². The van der Waals surface area contributed by atoms with E-state index < -0.39 is 5.60 Å². The Balaban J connectivity index is 2.40. The van der Waals surface area contributed by atoms with Crippen LogP contribution in [0.1, 0.15) is 25.7 Å². The van der Waals surface area contributed by atoms with Crippen LogP contribution in [-0.4, -0.2) is 16.5 Å². The van der Waals surface area contributed by atoms with E-state index in [4.69, 9.17) is 0 Å². The molecular formula is C6H12OS. The van der Waals surface area contributed by atoms with Gasteiger partial charge in [-0.25, -0.2) is 0 Å². The number of hydrogen-bond acceptors (Lipinski definition) is 2. The molecule has 1 aliphatic rings. The summed E-state index contributed by atoms with van der Waals surface area (Å²) in [7, 11) is 0. The van der Waals surface area contributed by atoms with Gasteiger partial charge in [-0.2, -0.15) is 12.6 Å². The first-order valence-electron chi connectivity index (χ1n) is 3.10. The molecule has 1 rings (SSSR count). The van der Waals surface area contributed by atoms with E-state index in [2.05, 4.69) is 12.6 Å². The monoisotopic (exact) mass is 132 g/mol. The molecule has 0 unspecified atom stereocenters. The molecule has 1 aliphatic carbocycles. The average molecular weight is 132 g/mol. The topological polar surface area (TPSA) is 20.2 Å². The zero-order valence-electron chi connectivity index (χ0n) is 4.93. The third-order valence-electron chi connectivity index (χ3n) is 1.83. The molecular weight excluding hydrogens is 120 g/mol. The second kappa shape index (κ2) is 2.28. The van der Waals surface area contributed by atoms with Crippen LogP contribution in [0.2, 0.25) is 0 Å². The third kappa shape index (κ3) is 1.17. The lowest BCUT2D eigenvalue weighted by atomic mass is 10.1. The predicted molar refractivity (Wildman–Crippen MR) is 37.3 cm³/mol. The molecule has 1 fully saturated rings. The number of aliphatic hydroxyl groups is 1. The molecule has 1 saturated carbocycles. The van der Waals surface area contributed by atoms with Crippen LogP contribution in [0.4, 0.5) is 0 Å². The minimum Gasteiger partial charge on any atom is -0.389 e. The normalized spacial score (nSPS) is 26.2. The summed E-state index contributed by atoms with van der Waals surface area (Å²) in [6.45, 7) is 0. The van der Waals surface area contributed by atoms with Crippen molar-refractivity contribution in [1.29, 1.82) is 0 Å². The average Bonchev–Trinajstić information content (AvgIpc) is 2.17. The summed E-state index contributed by atoms with van der Waals surface area (Å²) in [5, 5.41) is 9.42. The number of rotatable bonds is 1. The molecule has 1 nitrogen and oxygen atoms in total. The van der Waals surface area contributed by atoms with Gasteiger partial charge in [0.05, 0.1) is 5.60 Å². The molecule has 0 saturated heterocycles. The van der Waals surface area contributed by atoms with Gasteiger partial charge in [0.25, 0.3) is 0 Å². The van der Waals surface area contributed by atoms with Crippen LogP contribution in [0, 0.1) is 0 Å². The summed E-state index contributed by atoms with van der Waals surface area (Å²) in [5.41, 5.74) is -0.400. The van der Waals surface area contributed by atoms with Crippen molar-refractivity contribution in [1.82, 2.24) is 0 Å². The van der Waals surface area contributed by atoms with Crippen LogP contribution in [-0.2, 0) is 0 Å². The zero-order valence-corrected chi connectivity index (χ0v) is 5.82. The van der Waals surface area contributed by atoms with Gasteiger partial charge in [0.15, 0.2) is 0 Å². The molecule has 0 aromatic carbocycles. The highest BCUT2D eigenvalue weighted by molar-refractivity contribution is 7.80. The molecule has 0 aromatic heterocycles. The van der Waals surface area contributed by atoms with E-state index in [0.29, 0.717) is 5.75 Å². The molecule has 8 heavy (non-hydrogen) atoms. The van der Waals surface area contributed by atoms with Gasteiger partial charge in [-0.05, 0) is 12.8 Å². The standard InChI is InChI=1S/C6H12OS/c7-6(5-8)3-1-2-4-6/h7-8H,1-5H2. The number of hydrogen-bond donors (Lipinski definition) is 2. The van der Waals surface area contributed by atoms with Gasteiger partial charge in [-0.15, -0.1) is 0 Å². The van der Waals surface area contributed by atoms with Crippen LogP contribution < -0.4 is 0 Å². The maximum atomic E-state index is 9.42. The molecule has 0 atom stereocenters. The summed E-state index contributed by atoms with van der Waals surface area (Å²) in [6, 6.07) is 0. The highest BCUT2D eigenvalue weighted by atomic mass is 32.1. The van der Waals surface area contributed by atoms with Gasteiger partial charge in [0.2, 0.25) is 0 Å². The minimum atomic E-state index is -0.400. The highest BCUT2D eigenvalue weighted by Gasteiger charge is 2.28. The smallest absolute Gasteiger partial charge is 0.0735 e. The first-order valence-corrected chi connectivity index (χ1v) is 3.73. The first kappa shape index (κ1) is 6.43. The molecule has 1 N–H and O–H groups in total. The fraction of sp³-hybridized carbons (Fsp3) is 1.00. The van der Waals surface area contributed by atoms with Gasteiger partial charge in [-0.3, -0.25) is 0 Å². The van der Waals surface area contributed by atoms with Gasteiger partial charge in [0, 0.05) is 5.75 Å². The van der Waals surface area contributed by atoms with Crippen LogP contribution in [0.15, 0.2) is 0 Å².